The molecule has 164 valence electrons. The van der Waals surface area contributed by atoms with Gasteiger partial charge in [-0.15, -0.1) is 0 Å². The Kier molecular flexibility index (Phi) is 4.73. The Hall–Kier alpha value is -3.91. The van der Waals surface area contributed by atoms with Crippen LogP contribution in [-0.2, 0) is 13.1 Å². The van der Waals surface area contributed by atoms with Crippen LogP contribution in [0.5, 0.6) is 0 Å². The zero-order valence-corrected chi connectivity index (χ0v) is 18.7. The Bertz CT molecular complexity index is 1460. The smallest absolute Gasteiger partial charge is 0.123 e. The van der Waals surface area contributed by atoms with E-state index in [4.69, 9.17) is 9.97 Å². The van der Waals surface area contributed by atoms with E-state index >= 15 is 0 Å². The minimum Gasteiger partial charge on any atom is -0.332 e. The summed E-state index contributed by atoms with van der Waals surface area (Å²) < 4.78 is 2.25. The second-order valence-corrected chi connectivity index (χ2v) is 8.39. The molecule has 0 saturated heterocycles. The predicted octanol–water partition coefficient (Wildman–Crippen LogP) is 4.09. The summed E-state index contributed by atoms with van der Waals surface area (Å²) in [5, 5.41) is 7.35. The molecule has 8 heteroatoms. The maximum absolute atomic E-state index is 4.93. The van der Waals surface area contributed by atoms with Crippen LogP contribution in [0.25, 0.3) is 44.9 Å². The summed E-state index contributed by atoms with van der Waals surface area (Å²) >= 11 is 0. The quantitative estimate of drug-likeness (QED) is 0.457. The molecule has 0 saturated carbocycles. The Labute approximate surface area is 191 Å². The van der Waals surface area contributed by atoms with Gasteiger partial charge in [0.15, 0.2) is 0 Å². The maximum Gasteiger partial charge on any atom is 0.123 e. The summed E-state index contributed by atoms with van der Waals surface area (Å²) in [5.41, 5.74) is 8.00. The van der Waals surface area contributed by atoms with Gasteiger partial charge in [0, 0.05) is 42.3 Å². The molecule has 6 rings (SSSR count). The number of hydrogen-bond acceptors (Lipinski definition) is 6. The fourth-order valence-corrected chi connectivity index (χ4v) is 4.37. The van der Waals surface area contributed by atoms with Gasteiger partial charge in [0.2, 0.25) is 0 Å². The van der Waals surface area contributed by atoms with Crippen LogP contribution in [0.1, 0.15) is 18.4 Å². The van der Waals surface area contributed by atoms with Crippen LogP contribution in [-0.4, -0.2) is 52.7 Å². The molecule has 5 aromatic rings. The summed E-state index contributed by atoms with van der Waals surface area (Å²) in [4.78, 5) is 21.5. The van der Waals surface area contributed by atoms with Gasteiger partial charge in [0.25, 0.3) is 0 Å². The van der Waals surface area contributed by atoms with Crippen LogP contribution in [0.15, 0.2) is 55.0 Å². The lowest BCUT2D eigenvalue weighted by atomic mass is 10.1. The maximum atomic E-state index is 4.93. The first-order valence-electron chi connectivity index (χ1n) is 11.2. The summed E-state index contributed by atoms with van der Waals surface area (Å²) in [6, 6.07) is 12.0. The van der Waals surface area contributed by atoms with Crippen molar-refractivity contribution in [2.24, 2.45) is 0 Å². The van der Waals surface area contributed by atoms with Gasteiger partial charge in [0.1, 0.15) is 5.82 Å². The molecule has 0 aromatic carbocycles. The lowest BCUT2D eigenvalue weighted by Gasteiger charge is -2.25. The molecule has 0 unspecified atom stereocenters. The molecule has 1 aliphatic heterocycles. The number of aromatic amines is 1. The zero-order valence-electron chi connectivity index (χ0n) is 18.7. The topological polar surface area (TPSA) is 88.4 Å². The van der Waals surface area contributed by atoms with E-state index in [1.54, 1.807) is 6.20 Å². The number of nitrogens with zero attached hydrogens (tertiary/aromatic N) is 7. The average molecular weight is 437 g/mol. The number of pyridine rings is 3. The van der Waals surface area contributed by atoms with Crippen molar-refractivity contribution >= 4 is 11.0 Å². The van der Waals surface area contributed by atoms with Crippen molar-refractivity contribution in [2.45, 2.75) is 26.9 Å². The number of H-pyrrole nitrogens is 1. The van der Waals surface area contributed by atoms with Gasteiger partial charge in [-0.1, -0.05) is 13.0 Å². The number of rotatable bonds is 4. The molecule has 5 aromatic heterocycles. The number of nitrogens with one attached hydrogen (secondary N) is 1. The lowest BCUT2D eigenvalue weighted by Crippen LogP contribution is -2.33. The fourth-order valence-electron chi connectivity index (χ4n) is 4.37. The number of likely N-dealkylation sites (N-methyl/N-ethyl adjacent to an activating group) is 1. The Morgan fingerprint density at radius 3 is 2.76 bits per heavy atom. The molecule has 0 spiro atoms. The van der Waals surface area contributed by atoms with E-state index in [1.807, 2.05) is 43.5 Å². The molecule has 0 aliphatic carbocycles. The van der Waals surface area contributed by atoms with Crippen molar-refractivity contribution in [2.75, 3.05) is 13.1 Å². The third kappa shape index (κ3) is 3.58. The highest BCUT2D eigenvalue weighted by atomic mass is 15.2. The van der Waals surface area contributed by atoms with Crippen molar-refractivity contribution in [3.63, 3.8) is 0 Å². The van der Waals surface area contributed by atoms with Crippen LogP contribution in [0.3, 0.4) is 0 Å². The normalized spacial score (nSPS) is 14.0. The largest absolute Gasteiger partial charge is 0.332 e. The molecule has 33 heavy (non-hydrogen) atoms. The van der Waals surface area contributed by atoms with Crippen LogP contribution < -0.4 is 0 Å². The van der Waals surface area contributed by atoms with Crippen molar-refractivity contribution in [1.82, 2.24) is 39.6 Å². The molecule has 0 bridgehead atoms. The van der Waals surface area contributed by atoms with Gasteiger partial charge in [-0.2, -0.15) is 5.10 Å². The molecular weight excluding hydrogens is 412 g/mol. The molecule has 1 aliphatic rings. The lowest BCUT2D eigenvalue weighted by molar-refractivity contribution is 0.228. The minimum atomic E-state index is 0.829. The summed E-state index contributed by atoms with van der Waals surface area (Å²) in [6.45, 7) is 8.13. The number of aryl methyl sites for hydroxylation is 1. The van der Waals surface area contributed by atoms with Crippen LogP contribution >= 0.6 is 0 Å². The second kappa shape index (κ2) is 7.90. The SMILES string of the molecule is CCN1CCn2cc(-c3cnc4ccc(-c5cn[nH]c5-c5cccc(C)n5)nc4c3)nc2C1. The first-order valence-corrected chi connectivity index (χ1v) is 11.2. The fraction of sp³-hybridized carbons (Fsp3) is 0.240. The summed E-state index contributed by atoms with van der Waals surface area (Å²) in [7, 11) is 0. The van der Waals surface area contributed by atoms with E-state index in [-0.39, 0.29) is 0 Å². The Balaban J connectivity index is 1.39. The van der Waals surface area contributed by atoms with Gasteiger partial charge in [-0.25, -0.2) is 9.97 Å². The van der Waals surface area contributed by atoms with E-state index < -0.39 is 0 Å². The zero-order chi connectivity index (χ0) is 22.4. The number of imidazole rings is 1. The van der Waals surface area contributed by atoms with E-state index in [0.717, 1.165) is 82.6 Å². The summed E-state index contributed by atoms with van der Waals surface area (Å²) in [5.74, 6) is 1.11. The van der Waals surface area contributed by atoms with Crippen molar-refractivity contribution in [3.8, 4) is 33.9 Å². The molecule has 0 amide bonds. The van der Waals surface area contributed by atoms with E-state index in [9.17, 15) is 0 Å². The van der Waals surface area contributed by atoms with E-state index in [0.29, 0.717) is 0 Å². The Morgan fingerprint density at radius 2 is 1.88 bits per heavy atom. The minimum absolute atomic E-state index is 0.829. The summed E-state index contributed by atoms with van der Waals surface area (Å²) in [6.07, 6.45) is 5.82. The standard InChI is InChI=1S/C25H24N8/c1-3-32-9-10-33-14-23(30-24(33)15-32)17-11-22-20(26-12-17)8-7-19(29-22)18-13-27-31-25(18)21-6-4-5-16(2)28-21/h4-8,11-14H,3,9-10,15H2,1-2H3,(H,27,31). The third-order valence-electron chi connectivity index (χ3n) is 6.22. The first kappa shape index (κ1) is 19.8. The van der Waals surface area contributed by atoms with Crippen LogP contribution in [0, 0.1) is 6.92 Å². The highest BCUT2D eigenvalue weighted by molar-refractivity contribution is 5.84. The van der Waals surface area contributed by atoms with Crippen molar-refractivity contribution in [3.05, 3.63) is 66.5 Å². The number of hydrogen-bond donors (Lipinski definition) is 1. The van der Waals surface area contributed by atoms with Gasteiger partial charge in [0.05, 0.1) is 46.6 Å². The van der Waals surface area contributed by atoms with Gasteiger partial charge in [-0.05, 0) is 43.8 Å². The molecule has 0 radical (unpaired) electrons. The van der Waals surface area contributed by atoms with Crippen LogP contribution in [0.4, 0.5) is 0 Å². The van der Waals surface area contributed by atoms with Crippen molar-refractivity contribution in [1.29, 1.82) is 0 Å². The molecule has 0 atom stereocenters. The van der Waals surface area contributed by atoms with Gasteiger partial charge in [-0.3, -0.25) is 20.0 Å². The molecule has 1 N–H and O–H groups in total. The van der Waals surface area contributed by atoms with Crippen molar-refractivity contribution < 1.29 is 0 Å². The predicted molar refractivity (Wildman–Crippen MR) is 127 cm³/mol. The highest BCUT2D eigenvalue weighted by Gasteiger charge is 2.18. The molecule has 8 nitrogen and oxygen atoms in total. The third-order valence-corrected chi connectivity index (χ3v) is 6.22. The molecule has 6 heterocycles. The van der Waals surface area contributed by atoms with E-state index in [2.05, 4.69) is 48.8 Å². The average Bonchev–Trinajstić information content (AvgIpc) is 3.50. The van der Waals surface area contributed by atoms with E-state index in [1.165, 1.54) is 0 Å². The van der Waals surface area contributed by atoms with Crippen LogP contribution in [0.2, 0.25) is 0 Å². The molecule has 0 fully saturated rings. The second-order valence-electron chi connectivity index (χ2n) is 8.39. The highest BCUT2D eigenvalue weighted by Crippen LogP contribution is 2.30. The number of aromatic nitrogens is 7. The molecular formula is C25H24N8. The number of fused-ring (bicyclic) bond motifs is 2. The van der Waals surface area contributed by atoms with Gasteiger partial charge < -0.3 is 4.57 Å². The Morgan fingerprint density at radius 1 is 0.939 bits per heavy atom. The first-order chi connectivity index (χ1) is 16.2. The van der Waals surface area contributed by atoms with Gasteiger partial charge >= 0.3 is 0 Å². The monoisotopic (exact) mass is 436 g/mol.